The largest absolute Gasteiger partial charge is 0.341 e. The summed E-state index contributed by atoms with van der Waals surface area (Å²) < 4.78 is 0. The van der Waals surface area contributed by atoms with Crippen molar-refractivity contribution in [2.24, 2.45) is 0 Å². The lowest BCUT2D eigenvalue weighted by Crippen LogP contribution is -2.46. The summed E-state index contributed by atoms with van der Waals surface area (Å²) in [5.74, 6) is 0.287. The molecule has 1 N–H and O–H groups in total. The molecule has 2 aromatic rings. The molecule has 3 heterocycles. The molecule has 0 radical (unpaired) electrons. The molecule has 1 atom stereocenters. The number of hydrogen-bond acceptors (Lipinski definition) is 4. The van der Waals surface area contributed by atoms with Gasteiger partial charge < -0.3 is 9.80 Å². The molecular formula is C24H33N5O2. The monoisotopic (exact) mass is 423 g/mol. The molecule has 0 saturated carbocycles. The number of hydrogen-bond donors (Lipinski definition) is 1. The number of aromatic nitrogens is 2. The van der Waals surface area contributed by atoms with Crippen LogP contribution >= 0.6 is 0 Å². The molecule has 0 unspecified atom stereocenters. The van der Waals surface area contributed by atoms with Gasteiger partial charge in [0.15, 0.2) is 0 Å². The van der Waals surface area contributed by atoms with E-state index in [1.165, 1.54) is 19.3 Å². The quantitative estimate of drug-likeness (QED) is 0.776. The van der Waals surface area contributed by atoms with Crippen LogP contribution in [0.2, 0.25) is 0 Å². The minimum Gasteiger partial charge on any atom is -0.341 e. The number of carbonyl (C=O) groups is 2. The topological polar surface area (TPSA) is 72.5 Å². The average Bonchev–Trinajstić information content (AvgIpc) is 3.30. The third-order valence-corrected chi connectivity index (χ3v) is 6.50. The minimum atomic E-state index is -0.0376. The Bertz CT molecular complexity index is 875. The molecule has 1 aromatic carbocycles. The van der Waals surface area contributed by atoms with Gasteiger partial charge in [-0.2, -0.15) is 5.10 Å². The van der Waals surface area contributed by atoms with Gasteiger partial charge in [0.05, 0.1) is 24.0 Å². The summed E-state index contributed by atoms with van der Waals surface area (Å²) in [6.07, 6.45) is 7.18. The third-order valence-electron chi connectivity index (χ3n) is 6.50. The number of benzene rings is 1. The minimum absolute atomic E-state index is 0.0376. The number of nitrogens with zero attached hydrogens (tertiary/aromatic N) is 4. The van der Waals surface area contributed by atoms with Crippen molar-refractivity contribution in [3.63, 3.8) is 0 Å². The van der Waals surface area contributed by atoms with Gasteiger partial charge in [0.2, 0.25) is 5.91 Å². The molecule has 31 heavy (non-hydrogen) atoms. The second-order valence-corrected chi connectivity index (χ2v) is 8.86. The Kier molecular flexibility index (Phi) is 7.02. The second kappa shape index (κ2) is 10.1. The van der Waals surface area contributed by atoms with Crippen molar-refractivity contribution >= 4 is 11.8 Å². The van der Waals surface area contributed by atoms with E-state index < -0.39 is 0 Å². The van der Waals surface area contributed by atoms with Crippen LogP contribution in [0.5, 0.6) is 0 Å². The first kappa shape index (κ1) is 21.6. The van der Waals surface area contributed by atoms with Gasteiger partial charge in [-0.05, 0) is 44.3 Å². The molecule has 0 aliphatic carbocycles. The van der Waals surface area contributed by atoms with E-state index in [1.54, 1.807) is 11.1 Å². The molecule has 0 bridgehead atoms. The van der Waals surface area contributed by atoms with Gasteiger partial charge in [-0.25, -0.2) is 0 Å². The number of H-pyrrole nitrogens is 1. The van der Waals surface area contributed by atoms with E-state index in [9.17, 15) is 9.59 Å². The van der Waals surface area contributed by atoms with Crippen molar-refractivity contribution in [3.8, 4) is 0 Å². The molecule has 7 nitrogen and oxygen atoms in total. The molecule has 4 rings (SSSR count). The van der Waals surface area contributed by atoms with Crippen molar-refractivity contribution in [3.05, 3.63) is 53.3 Å². The molecule has 2 saturated heterocycles. The number of carbonyl (C=O) groups excluding carboxylic acids is 2. The SMILES string of the molecule is CN(Cc1ccccc1)C(=O)c1cn[nH]c1[C@@H]1CCCN(C(=O)CN2CCCCC2)C1. The fraction of sp³-hybridized carbons (Fsp3) is 0.542. The van der Waals surface area contributed by atoms with Gasteiger partial charge in [0, 0.05) is 32.6 Å². The third kappa shape index (κ3) is 5.34. The molecule has 1 aromatic heterocycles. The van der Waals surface area contributed by atoms with E-state index in [0.717, 1.165) is 43.7 Å². The van der Waals surface area contributed by atoms with Crippen LogP contribution in [-0.2, 0) is 11.3 Å². The molecule has 2 fully saturated rings. The predicted octanol–water partition coefficient (Wildman–Crippen LogP) is 2.87. The summed E-state index contributed by atoms with van der Waals surface area (Å²) in [6.45, 7) is 4.56. The van der Waals surface area contributed by atoms with Gasteiger partial charge in [-0.1, -0.05) is 36.8 Å². The summed E-state index contributed by atoms with van der Waals surface area (Å²) in [4.78, 5) is 32.0. The van der Waals surface area contributed by atoms with E-state index >= 15 is 0 Å². The predicted molar refractivity (Wildman–Crippen MR) is 120 cm³/mol. The van der Waals surface area contributed by atoms with E-state index in [2.05, 4.69) is 15.1 Å². The van der Waals surface area contributed by atoms with E-state index in [1.807, 2.05) is 42.3 Å². The number of nitrogens with one attached hydrogen (secondary N) is 1. The maximum atomic E-state index is 13.1. The number of rotatable bonds is 6. The van der Waals surface area contributed by atoms with Crippen molar-refractivity contribution in [2.45, 2.75) is 44.6 Å². The van der Waals surface area contributed by atoms with Gasteiger partial charge in [0.25, 0.3) is 5.91 Å². The Morgan fingerprint density at radius 2 is 1.87 bits per heavy atom. The Morgan fingerprint density at radius 3 is 2.65 bits per heavy atom. The number of aromatic amines is 1. The molecular weight excluding hydrogens is 390 g/mol. The van der Waals surface area contributed by atoms with Crippen molar-refractivity contribution < 1.29 is 9.59 Å². The molecule has 0 spiro atoms. The lowest BCUT2D eigenvalue weighted by atomic mass is 9.92. The second-order valence-electron chi connectivity index (χ2n) is 8.86. The van der Waals surface area contributed by atoms with Crippen molar-refractivity contribution in [1.29, 1.82) is 0 Å². The van der Waals surface area contributed by atoms with Crippen LogP contribution in [0.15, 0.2) is 36.5 Å². The summed E-state index contributed by atoms with van der Waals surface area (Å²) in [5.41, 5.74) is 2.57. The Labute approximate surface area is 184 Å². The average molecular weight is 424 g/mol. The van der Waals surface area contributed by atoms with Gasteiger partial charge in [-0.15, -0.1) is 0 Å². The molecule has 2 aliphatic rings. The number of likely N-dealkylation sites (tertiary alicyclic amines) is 2. The normalized spacial score (nSPS) is 19.9. The number of amides is 2. The molecule has 2 aliphatic heterocycles. The van der Waals surface area contributed by atoms with E-state index in [-0.39, 0.29) is 17.7 Å². The highest BCUT2D eigenvalue weighted by molar-refractivity contribution is 5.95. The molecule has 166 valence electrons. The fourth-order valence-corrected chi connectivity index (χ4v) is 4.76. The Balaban J connectivity index is 1.40. The zero-order chi connectivity index (χ0) is 21.6. The maximum Gasteiger partial charge on any atom is 0.257 e. The van der Waals surface area contributed by atoms with Crippen LogP contribution in [0.3, 0.4) is 0 Å². The highest BCUT2D eigenvalue weighted by Crippen LogP contribution is 2.29. The van der Waals surface area contributed by atoms with Crippen molar-refractivity contribution in [1.82, 2.24) is 24.9 Å². The summed E-state index contributed by atoms with van der Waals surface area (Å²) in [6, 6.07) is 9.98. The first-order valence-electron chi connectivity index (χ1n) is 11.4. The molecule has 2 amide bonds. The molecule has 7 heteroatoms. The van der Waals surface area contributed by atoms with Crippen LogP contribution in [0.1, 0.15) is 59.6 Å². The van der Waals surface area contributed by atoms with E-state index in [0.29, 0.717) is 25.2 Å². The van der Waals surface area contributed by atoms with Crippen LogP contribution in [-0.4, -0.2) is 76.5 Å². The Hall–Kier alpha value is -2.67. The summed E-state index contributed by atoms with van der Waals surface area (Å²) in [7, 11) is 1.82. The zero-order valence-electron chi connectivity index (χ0n) is 18.4. The number of piperidine rings is 2. The van der Waals surface area contributed by atoms with Crippen LogP contribution in [0, 0.1) is 0 Å². The Morgan fingerprint density at radius 1 is 1.10 bits per heavy atom. The van der Waals surface area contributed by atoms with Crippen LogP contribution in [0.25, 0.3) is 0 Å². The highest BCUT2D eigenvalue weighted by atomic mass is 16.2. The van der Waals surface area contributed by atoms with Gasteiger partial charge in [-0.3, -0.25) is 19.6 Å². The highest BCUT2D eigenvalue weighted by Gasteiger charge is 2.30. The first-order valence-corrected chi connectivity index (χ1v) is 11.4. The van der Waals surface area contributed by atoms with Crippen LogP contribution < -0.4 is 0 Å². The lowest BCUT2D eigenvalue weighted by Gasteiger charge is -2.35. The van der Waals surface area contributed by atoms with Crippen molar-refractivity contribution in [2.75, 3.05) is 39.8 Å². The first-order chi connectivity index (χ1) is 15.1. The van der Waals surface area contributed by atoms with Gasteiger partial charge in [0.1, 0.15) is 0 Å². The summed E-state index contributed by atoms with van der Waals surface area (Å²) in [5, 5.41) is 7.26. The lowest BCUT2D eigenvalue weighted by molar-refractivity contribution is -0.133. The fourth-order valence-electron chi connectivity index (χ4n) is 4.76. The summed E-state index contributed by atoms with van der Waals surface area (Å²) >= 11 is 0. The van der Waals surface area contributed by atoms with E-state index in [4.69, 9.17) is 0 Å². The van der Waals surface area contributed by atoms with Crippen LogP contribution in [0.4, 0.5) is 0 Å². The van der Waals surface area contributed by atoms with Gasteiger partial charge >= 0.3 is 0 Å². The standard InChI is InChI=1S/C24H33N5O2/c1-27(16-19-9-4-2-5-10-19)24(31)21-15-25-26-23(21)20-11-8-14-29(17-20)22(30)18-28-12-6-3-7-13-28/h2,4-5,9-10,15,20H,3,6-8,11-14,16-18H2,1H3,(H,25,26)/t20-/m1/s1. The zero-order valence-corrected chi connectivity index (χ0v) is 18.4. The maximum absolute atomic E-state index is 13.1. The smallest absolute Gasteiger partial charge is 0.257 e.